The van der Waals surface area contributed by atoms with Crippen LogP contribution in [0.1, 0.15) is 25.1 Å². The molecular weight excluding hydrogens is 198 g/mol. The van der Waals surface area contributed by atoms with Crippen LogP contribution in [0.5, 0.6) is 0 Å². The van der Waals surface area contributed by atoms with Gasteiger partial charge in [0.15, 0.2) is 0 Å². The summed E-state index contributed by atoms with van der Waals surface area (Å²) in [5, 5.41) is 1.33. The molecule has 0 spiro atoms. The molecular formula is C14H19NO. The molecule has 0 aliphatic rings. The minimum Gasteiger partial charge on any atom is -0.373 e. The Kier molecular flexibility index (Phi) is 3.01. The maximum absolute atomic E-state index is 5.66. The van der Waals surface area contributed by atoms with Gasteiger partial charge >= 0.3 is 0 Å². The van der Waals surface area contributed by atoms with Gasteiger partial charge < -0.3 is 9.30 Å². The van der Waals surface area contributed by atoms with Crippen LogP contribution >= 0.6 is 0 Å². The monoisotopic (exact) mass is 217 g/mol. The Morgan fingerprint density at radius 2 is 2.06 bits per heavy atom. The summed E-state index contributed by atoms with van der Waals surface area (Å²) in [6, 6.07) is 8.63. The van der Waals surface area contributed by atoms with E-state index in [9.17, 15) is 0 Å². The normalized spacial score (nSPS) is 11.6. The van der Waals surface area contributed by atoms with Crippen molar-refractivity contribution in [2.24, 2.45) is 7.05 Å². The fraction of sp³-hybridized carbons (Fsp3) is 0.429. The number of hydrogen-bond acceptors (Lipinski definition) is 1. The molecule has 2 aromatic rings. The fourth-order valence-corrected chi connectivity index (χ4v) is 1.95. The van der Waals surface area contributed by atoms with Gasteiger partial charge in [-0.05, 0) is 38.5 Å². The molecule has 2 heteroatoms. The van der Waals surface area contributed by atoms with Gasteiger partial charge in [-0.25, -0.2) is 0 Å². The Labute approximate surface area is 96.8 Å². The molecule has 0 aliphatic carbocycles. The van der Waals surface area contributed by atoms with Gasteiger partial charge in [0, 0.05) is 23.6 Å². The second-order valence-electron chi connectivity index (χ2n) is 4.56. The van der Waals surface area contributed by atoms with E-state index in [1.54, 1.807) is 0 Å². The first-order chi connectivity index (χ1) is 7.59. The summed E-state index contributed by atoms with van der Waals surface area (Å²) < 4.78 is 7.87. The minimum absolute atomic E-state index is 0.277. The number of nitrogens with zero attached hydrogens (tertiary/aromatic N) is 1. The van der Waals surface area contributed by atoms with Crippen LogP contribution in [0.2, 0.25) is 0 Å². The summed E-state index contributed by atoms with van der Waals surface area (Å²) in [5.74, 6) is 0. The first-order valence-corrected chi connectivity index (χ1v) is 5.75. The lowest BCUT2D eigenvalue weighted by molar-refractivity contribution is 0.0624. The molecule has 0 saturated carbocycles. The summed E-state index contributed by atoms with van der Waals surface area (Å²) >= 11 is 0. The van der Waals surface area contributed by atoms with Gasteiger partial charge in [-0.15, -0.1) is 0 Å². The maximum atomic E-state index is 5.66. The summed E-state index contributed by atoms with van der Waals surface area (Å²) in [6.07, 6.45) is 0.277. The lowest BCUT2D eigenvalue weighted by atomic mass is 10.1. The molecule has 0 bridgehead atoms. The average molecular weight is 217 g/mol. The number of ether oxygens (including phenoxy) is 1. The van der Waals surface area contributed by atoms with Crippen molar-refractivity contribution in [1.29, 1.82) is 0 Å². The van der Waals surface area contributed by atoms with Crippen molar-refractivity contribution in [2.45, 2.75) is 33.5 Å². The van der Waals surface area contributed by atoms with Crippen molar-refractivity contribution in [3.05, 3.63) is 35.5 Å². The second-order valence-corrected chi connectivity index (χ2v) is 4.56. The molecule has 86 valence electrons. The molecule has 1 heterocycles. The first kappa shape index (κ1) is 11.2. The standard InChI is InChI=1S/C14H19NO/c1-10(2)16-9-12-8-13-11(3)6-5-7-14(13)15(12)4/h5-8,10H,9H2,1-4H3. The second kappa shape index (κ2) is 4.30. The molecule has 2 rings (SSSR count). The van der Waals surface area contributed by atoms with Crippen molar-refractivity contribution in [3.8, 4) is 0 Å². The zero-order valence-electron chi connectivity index (χ0n) is 10.4. The topological polar surface area (TPSA) is 14.2 Å². The molecule has 0 amide bonds. The summed E-state index contributed by atoms with van der Waals surface area (Å²) in [4.78, 5) is 0. The van der Waals surface area contributed by atoms with Crippen LogP contribution in [-0.4, -0.2) is 10.7 Å². The lowest BCUT2D eigenvalue weighted by Crippen LogP contribution is -2.05. The summed E-state index contributed by atoms with van der Waals surface area (Å²) in [5.41, 5.74) is 3.84. The Morgan fingerprint density at radius 1 is 1.31 bits per heavy atom. The van der Waals surface area contributed by atoms with Gasteiger partial charge in [0.1, 0.15) is 0 Å². The highest BCUT2D eigenvalue weighted by atomic mass is 16.5. The Bertz CT molecular complexity index is 497. The fourth-order valence-electron chi connectivity index (χ4n) is 1.95. The highest BCUT2D eigenvalue weighted by molar-refractivity contribution is 5.84. The number of aryl methyl sites for hydroxylation is 2. The minimum atomic E-state index is 0.277. The molecule has 1 aromatic carbocycles. The number of benzene rings is 1. The first-order valence-electron chi connectivity index (χ1n) is 5.75. The van der Waals surface area contributed by atoms with Crippen LogP contribution in [0.15, 0.2) is 24.3 Å². The van der Waals surface area contributed by atoms with Gasteiger partial charge in [-0.1, -0.05) is 12.1 Å². The van der Waals surface area contributed by atoms with E-state index >= 15 is 0 Å². The van der Waals surface area contributed by atoms with E-state index in [4.69, 9.17) is 4.74 Å². The molecule has 0 unspecified atom stereocenters. The van der Waals surface area contributed by atoms with Crippen LogP contribution in [-0.2, 0) is 18.4 Å². The summed E-state index contributed by atoms with van der Waals surface area (Å²) in [7, 11) is 2.10. The molecule has 0 fully saturated rings. The molecule has 16 heavy (non-hydrogen) atoms. The predicted octanol–water partition coefficient (Wildman–Crippen LogP) is 3.41. The van der Waals surface area contributed by atoms with Crippen molar-refractivity contribution >= 4 is 10.9 Å². The molecule has 0 N–H and O–H groups in total. The van der Waals surface area contributed by atoms with Gasteiger partial charge in [0.25, 0.3) is 0 Å². The molecule has 2 nitrogen and oxygen atoms in total. The van der Waals surface area contributed by atoms with Gasteiger partial charge in [-0.2, -0.15) is 0 Å². The van der Waals surface area contributed by atoms with E-state index < -0.39 is 0 Å². The Morgan fingerprint density at radius 3 is 2.69 bits per heavy atom. The Hall–Kier alpha value is -1.28. The predicted molar refractivity (Wildman–Crippen MR) is 67.6 cm³/mol. The third-order valence-corrected chi connectivity index (χ3v) is 2.97. The highest BCUT2D eigenvalue weighted by Crippen LogP contribution is 2.22. The van der Waals surface area contributed by atoms with Crippen molar-refractivity contribution in [3.63, 3.8) is 0 Å². The van der Waals surface area contributed by atoms with Gasteiger partial charge in [-0.3, -0.25) is 0 Å². The molecule has 1 aromatic heterocycles. The zero-order chi connectivity index (χ0) is 11.7. The van der Waals surface area contributed by atoms with E-state index in [1.807, 2.05) is 0 Å². The number of aromatic nitrogens is 1. The quantitative estimate of drug-likeness (QED) is 0.768. The van der Waals surface area contributed by atoms with Crippen molar-refractivity contribution in [2.75, 3.05) is 0 Å². The van der Waals surface area contributed by atoms with Crippen LogP contribution in [0, 0.1) is 6.92 Å². The van der Waals surface area contributed by atoms with Crippen molar-refractivity contribution in [1.82, 2.24) is 4.57 Å². The number of rotatable bonds is 3. The van der Waals surface area contributed by atoms with E-state index in [0.29, 0.717) is 6.61 Å². The molecule has 0 aliphatic heterocycles. The van der Waals surface area contributed by atoms with E-state index in [0.717, 1.165) is 0 Å². The SMILES string of the molecule is Cc1cccc2c1cc(COC(C)C)n2C. The molecule has 0 saturated heterocycles. The number of fused-ring (bicyclic) bond motifs is 1. The zero-order valence-corrected chi connectivity index (χ0v) is 10.4. The van der Waals surface area contributed by atoms with Crippen molar-refractivity contribution < 1.29 is 4.74 Å². The van der Waals surface area contributed by atoms with Crippen LogP contribution < -0.4 is 0 Å². The van der Waals surface area contributed by atoms with E-state index in [2.05, 4.69) is 56.7 Å². The smallest absolute Gasteiger partial charge is 0.0871 e. The van der Waals surface area contributed by atoms with Crippen LogP contribution in [0.4, 0.5) is 0 Å². The molecule has 0 radical (unpaired) electrons. The Balaban J connectivity index is 2.40. The van der Waals surface area contributed by atoms with E-state index in [1.165, 1.54) is 22.2 Å². The maximum Gasteiger partial charge on any atom is 0.0871 e. The van der Waals surface area contributed by atoms with E-state index in [-0.39, 0.29) is 6.10 Å². The van der Waals surface area contributed by atoms with Crippen LogP contribution in [0.25, 0.3) is 10.9 Å². The molecule has 0 atom stereocenters. The van der Waals surface area contributed by atoms with Gasteiger partial charge in [0.2, 0.25) is 0 Å². The third-order valence-electron chi connectivity index (χ3n) is 2.97. The average Bonchev–Trinajstić information content (AvgIpc) is 2.55. The summed E-state index contributed by atoms with van der Waals surface area (Å²) in [6.45, 7) is 6.96. The largest absolute Gasteiger partial charge is 0.373 e. The number of hydrogen-bond donors (Lipinski definition) is 0. The highest BCUT2D eigenvalue weighted by Gasteiger charge is 2.07. The van der Waals surface area contributed by atoms with Crippen LogP contribution in [0.3, 0.4) is 0 Å². The lowest BCUT2D eigenvalue weighted by Gasteiger charge is -2.08. The third kappa shape index (κ3) is 1.98. The van der Waals surface area contributed by atoms with Gasteiger partial charge in [0.05, 0.1) is 12.7 Å².